The molecule has 3 atom stereocenters. The van der Waals surface area contributed by atoms with Gasteiger partial charge < -0.3 is 20.5 Å². The number of hydrogen-bond donors (Lipinski definition) is 3. The zero-order valence-corrected chi connectivity index (χ0v) is 14.9. The normalized spacial score (nSPS) is 24.0. The number of carbonyl (C=O) groups excluding carboxylic acids is 2. The van der Waals surface area contributed by atoms with Crippen LogP contribution in [0, 0.1) is 11.8 Å². The zero-order valence-electron chi connectivity index (χ0n) is 14.9. The summed E-state index contributed by atoms with van der Waals surface area (Å²) in [5.74, 6) is 0.0680. The fourth-order valence-electron chi connectivity index (χ4n) is 3.56. The van der Waals surface area contributed by atoms with Crippen LogP contribution in [-0.4, -0.2) is 48.2 Å². The molecule has 3 unspecified atom stereocenters. The SMILES string of the molecule is CNC(=O)c1cc(C(=O)NC2C3COCC32)cc(C(O)c2ccccc2)n1. The van der Waals surface area contributed by atoms with Crippen LogP contribution in [-0.2, 0) is 4.74 Å². The number of hydrogen-bond acceptors (Lipinski definition) is 5. The average Bonchev–Trinajstić information content (AvgIpc) is 3.13. The number of nitrogens with one attached hydrogen (secondary N) is 2. The summed E-state index contributed by atoms with van der Waals surface area (Å²) in [6.07, 6.45) is -1.03. The summed E-state index contributed by atoms with van der Waals surface area (Å²) < 4.78 is 5.34. The Morgan fingerprint density at radius 2 is 1.85 bits per heavy atom. The van der Waals surface area contributed by atoms with Gasteiger partial charge in [0, 0.05) is 30.5 Å². The molecule has 2 fully saturated rings. The minimum Gasteiger partial charge on any atom is -0.382 e. The second-order valence-corrected chi connectivity index (χ2v) is 6.92. The van der Waals surface area contributed by atoms with E-state index in [0.717, 1.165) is 0 Å². The van der Waals surface area contributed by atoms with Crippen molar-refractivity contribution < 1.29 is 19.4 Å². The topological polar surface area (TPSA) is 101 Å². The van der Waals surface area contributed by atoms with Crippen LogP contribution in [0.25, 0.3) is 0 Å². The highest BCUT2D eigenvalue weighted by atomic mass is 16.5. The number of pyridine rings is 1. The second kappa shape index (κ2) is 7.09. The Kier molecular flexibility index (Phi) is 4.63. The summed E-state index contributed by atoms with van der Waals surface area (Å²) >= 11 is 0. The lowest BCUT2D eigenvalue weighted by Crippen LogP contribution is -2.31. The van der Waals surface area contributed by atoms with Crippen LogP contribution in [0.4, 0.5) is 0 Å². The molecular formula is C20H21N3O4. The van der Waals surface area contributed by atoms with Gasteiger partial charge in [-0.3, -0.25) is 9.59 Å². The van der Waals surface area contributed by atoms with Crippen LogP contribution in [0.1, 0.15) is 38.2 Å². The van der Waals surface area contributed by atoms with E-state index in [1.807, 2.05) is 18.2 Å². The van der Waals surface area contributed by atoms with E-state index in [1.54, 1.807) is 12.1 Å². The van der Waals surface area contributed by atoms with E-state index >= 15 is 0 Å². The van der Waals surface area contributed by atoms with Crippen molar-refractivity contribution in [1.29, 1.82) is 0 Å². The Balaban J connectivity index is 1.62. The van der Waals surface area contributed by atoms with Gasteiger partial charge in [0.2, 0.25) is 0 Å². The highest BCUT2D eigenvalue weighted by Crippen LogP contribution is 2.44. The van der Waals surface area contributed by atoms with E-state index in [-0.39, 0.29) is 23.3 Å². The van der Waals surface area contributed by atoms with Gasteiger partial charge in [0.15, 0.2) is 0 Å². The van der Waals surface area contributed by atoms with Crippen molar-refractivity contribution in [3.63, 3.8) is 0 Å². The number of aliphatic hydroxyl groups excluding tert-OH is 1. The molecule has 4 rings (SSSR count). The van der Waals surface area contributed by atoms with E-state index in [0.29, 0.717) is 36.2 Å². The first-order valence-corrected chi connectivity index (χ1v) is 8.94. The van der Waals surface area contributed by atoms with Gasteiger partial charge >= 0.3 is 0 Å². The van der Waals surface area contributed by atoms with Crippen LogP contribution >= 0.6 is 0 Å². The molecular weight excluding hydrogens is 346 g/mol. The summed E-state index contributed by atoms with van der Waals surface area (Å²) in [6, 6.07) is 12.1. The number of rotatable bonds is 5. The number of fused-ring (bicyclic) bond motifs is 1. The molecule has 0 radical (unpaired) electrons. The summed E-state index contributed by atoms with van der Waals surface area (Å²) in [4.78, 5) is 29.1. The van der Waals surface area contributed by atoms with E-state index in [4.69, 9.17) is 4.74 Å². The smallest absolute Gasteiger partial charge is 0.269 e. The van der Waals surface area contributed by atoms with Gasteiger partial charge in [-0.05, 0) is 17.7 Å². The van der Waals surface area contributed by atoms with Gasteiger partial charge in [0.25, 0.3) is 11.8 Å². The van der Waals surface area contributed by atoms with Gasteiger partial charge in [-0.2, -0.15) is 0 Å². The van der Waals surface area contributed by atoms with Crippen molar-refractivity contribution in [1.82, 2.24) is 15.6 Å². The Labute approximate surface area is 156 Å². The predicted octanol–water partition coefficient (Wildman–Crippen LogP) is 0.897. The van der Waals surface area contributed by atoms with Crippen molar-refractivity contribution in [2.75, 3.05) is 20.3 Å². The number of ether oxygens (including phenoxy) is 1. The number of nitrogens with zero attached hydrogens (tertiary/aromatic N) is 1. The molecule has 1 aliphatic heterocycles. The van der Waals surface area contributed by atoms with Crippen molar-refractivity contribution in [3.05, 3.63) is 65.0 Å². The third kappa shape index (κ3) is 3.43. The van der Waals surface area contributed by atoms with Gasteiger partial charge in [-0.1, -0.05) is 30.3 Å². The summed E-state index contributed by atoms with van der Waals surface area (Å²) in [7, 11) is 1.50. The Morgan fingerprint density at radius 3 is 2.52 bits per heavy atom. The molecule has 1 aliphatic carbocycles. The highest BCUT2D eigenvalue weighted by molar-refractivity contribution is 5.99. The zero-order chi connectivity index (χ0) is 19.0. The molecule has 2 aromatic rings. The van der Waals surface area contributed by atoms with E-state index < -0.39 is 12.0 Å². The lowest BCUT2D eigenvalue weighted by Gasteiger charge is -2.14. The lowest BCUT2D eigenvalue weighted by molar-refractivity contribution is 0.0928. The van der Waals surface area contributed by atoms with E-state index in [2.05, 4.69) is 15.6 Å². The third-order valence-corrected chi connectivity index (χ3v) is 5.21. The van der Waals surface area contributed by atoms with Crippen molar-refractivity contribution >= 4 is 11.8 Å². The first kappa shape index (κ1) is 17.6. The predicted molar refractivity (Wildman–Crippen MR) is 97.2 cm³/mol. The monoisotopic (exact) mass is 367 g/mol. The molecule has 1 saturated carbocycles. The molecule has 2 amide bonds. The van der Waals surface area contributed by atoms with Crippen LogP contribution in [0.5, 0.6) is 0 Å². The molecule has 1 aromatic carbocycles. The fourth-order valence-corrected chi connectivity index (χ4v) is 3.56. The van der Waals surface area contributed by atoms with Crippen LogP contribution in [0.2, 0.25) is 0 Å². The quantitative estimate of drug-likeness (QED) is 0.729. The minimum absolute atomic E-state index is 0.0921. The maximum atomic E-state index is 12.7. The molecule has 7 heteroatoms. The molecule has 7 nitrogen and oxygen atoms in total. The van der Waals surface area contributed by atoms with Crippen LogP contribution in [0.15, 0.2) is 42.5 Å². The molecule has 1 saturated heterocycles. The molecule has 3 N–H and O–H groups in total. The molecule has 0 bridgehead atoms. The Bertz CT molecular complexity index is 861. The van der Waals surface area contributed by atoms with E-state index in [1.165, 1.54) is 19.2 Å². The Morgan fingerprint density at radius 1 is 1.15 bits per heavy atom. The number of amides is 2. The second-order valence-electron chi connectivity index (χ2n) is 6.92. The van der Waals surface area contributed by atoms with Gasteiger partial charge in [0.05, 0.1) is 18.9 Å². The summed E-state index contributed by atoms with van der Waals surface area (Å²) in [6.45, 7) is 1.35. The van der Waals surface area contributed by atoms with Gasteiger partial charge in [-0.25, -0.2) is 4.98 Å². The fraction of sp³-hybridized carbons (Fsp3) is 0.350. The van der Waals surface area contributed by atoms with Crippen LogP contribution in [0.3, 0.4) is 0 Å². The van der Waals surface area contributed by atoms with Crippen LogP contribution < -0.4 is 10.6 Å². The maximum Gasteiger partial charge on any atom is 0.269 e. The van der Waals surface area contributed by atoms with Crippen molar-refractivity contribution in [2.24, 2.45) is 11.8 Å². The highest BCUT2D eigenvalue weighted by Gasteiger charge is 2.54. The van der Waals surface area contributed by atoms with Crippen molar-refractivity contribution in [3.8, 4) is 0 Å². The Hall–Kier alpha value is -2.77. The number of aromatic nitrogens is 1. The molecule has 2 heterocycles. The molecule has 0 spiro atoms. The third-order valence-electron chi connectivity index (χ3n) is 5.21. The molecule has 1 aromatic heterocycles. The molecule has 27 heavy (non-hydrogen) atoms. The summed E-state index contributed by atoms with van der Waals surface area (Å²) in [5.41, 5.74) is 1.29. The number of aliphatic hydroxyl groups is 1. The molecule has 2 aliphatic rings. The first-order valence-electron chi connectivity index (χ1n) is 8.94. The van der Waals surface area contributed by atoms with E-state index in [9.17, 15) is 14.7 Å². The van der Waals surface area contributed by atoms with Gasteiger partial charge in [-0.15, -0.1) is 0 Å². The minimum atomic E-state index is -1.03. The first-order chi connectivity index (χ1) is 13.1. The maximum absolute atomic E-state index is 12.7. The number of benzene rings is 1. The lowest BCUT2D eigenvalue weighted by atomic mass is 10.0. The number of carbonyl (C=O) groups is 2. The molecule has 140 valence electrons. The van der Waals surface area contributed by atoms with Crippen molar-refractivity contribution in [2.45, 2.75) is 12.1 Å². The standard InChI is InChI=1S/C20H21N3O4/c1-21-20(26)16-8-12(19(25)23-17-13-9-27-10-14(13)17)7-15(22-16)18(24)11-5-3-2-4-6-11/h2-8,13-14,17-18,24H,9-10H2,1H3,(H,21,26)(H,23,25). The average molecular weight is 367 g/mol. The largest absolute Gasteiger partial charge is 0.382 e. The summed E-state index contributed by atoms with van der Waals surface area (Å²) in [5, 5.41) is 16.2. The van der Waals surface area contributed by atoms with Gasteiger partial charge in [0.1, 0.15) is 11.8 Å².